The lowest BCUT2D eigenvalue weighted by Gasteiger charge is -2.33. The number of nitrogens with one attached hydrogen (secondary N) is 2. The van der Waals surface area contributed by atoms with Crippen LogP contribution in [0.5, 0.6) is 5.75 Å². The van der Waals surface area contributed by atoms with Crippen molar-refractivity contribution in [3.8, 4) is 5.75 Å². The van der Waals surface area contributed by atoms with Crippen molar-refractivity contribution >= 4 is 34.9 Å². The van der Waals surface area contributed by atoms with E-state index < -0.39 is 0 Å². The van der Waals surface area contributed by atoms with Crippen molar-refractivity contribution < 1.29 is 14.3 Å². The van der Waals surface area contributed by atoms with E-state index in [4.69, 9.17) is 16.3 Å². The number of hydrogen-bond acceptors (Lipinski definition) is 3. The Balaban J connectivity index is 1.39. The van der Waals surface area contributed by atoms with E-state index in [9.17, 15) is 9.59 Å². The monoisotopic (exact) mass is 477 g/mol. The third kappa shape index (κ3) is 6.08. The standard InChI is InChI=1S/C27H28ClN3O3/c1-2-34-25-13-11-23(12-14-25)30-27(33)31-15-5-8-21(18-31)19-6-3-7-20(16-19)26(32)29-24-10-4-9-22(28)17-24/h3-4,6-7,9-14,16-17,21H,2,5,8,15,18H2,1H3,(H,29,32)(H,30,33). The Morgan fingerprint density at radius 3 is 2.56 bits per heavy atom. The van der Waals surface area contributed by atoms with Crippen LogP contribution in [-0.4, -0.2) is 36.5 Å². The molecule has 0 aromatic heterocycles. The molecule has 0 bridgehead atoms. The second-order valence-electron chi connectivity index (χ2n) is 8.26. The van der Waals surface area contributed by atoms with Crippen molar-refractivity contribution in [1.29, 1.82) is 0 Å². The van der Waals surface area contributed by atoms with Gasteiger partial charge in [0.15, 0.2) is 0 Å². The van der Waals surface area contributed by atoms with Crippen LogP contribution in [0.3, 0.4) is 0 Å². The highest BCUT2D eigenvalue weighted by atomic mass is 35.5. The van der Waals surface area contributed by atoms with Crippen molar-refractivity contribution in [1.82, 2.24) is 4.90 Å². The van der Waals surface area contributed by atoms with Gasteiger partial charge in [-0.15, -0.1) is 0 Å². The molecular formula is C27H28ClN3O3. The summed E-state index contributed by atoms with van der Waals surface area (Å²) in [4.78, 5) is 27.5. The maximum atomic E-state index is 12.9. The predicted octanol–water partition coefficient (Wildman–Crippen LogP) is 6.40. The number of nitrogens with zero attached hydrogens (tertiary/aromatic N) is 1. The first kappa shape index (κ1) is 23.6. The smallest absolute Gasteiger partial charge is 0.321 e. The van der Waals surface area contributed by atoms with E-state index in [0.29, 0.717) is 36.0 Å². The fraction of sp³-hybridized carbons (Fsp3) is 0.259. The summed E-state index contributed by atoms with van der Waals surface area (Å²) in [6, 6.07) is 21.9. The van der Waals surface area contributed by atoms with Gasteiger partial charge < -0.3 is 20.3 Å². The molecule has 6 nitrogen and oxygen atoms in total. The fourth-order valence-electron chi connectivity index (χ4n) is 4.14. The van der Waals surface area contributed by atoms with E-state index in [2.05, 4.69) is 10.6 Å². The molecule has 1 fully saturated rings. The maximum absolute atomic E-state index is 12.9. The number of carbonyl (C=O) groups excluding carboxylic acids is 2. The van der Waals surface area contributed by atoms with Crippen LogP contribution in [0.15, 0.2) is 72.8 Å². The molecule has 3 aromatic carbocycles. The zero-order valence-corrected chi connectivity index (χ0v) is 19.8. The van der Waals surface area contributed by atoms with Crippen LogP contribution < -0.4 is 15.4 Å². The summed E-state index contributed by atoms with van der Waals surface area (Å²) in [6.07, 6.45) is 1.87. The molecule has 3 amide bonds. The van der Waals surface area contributed by atoms with Gasteiger partial charge in [0.25, 0.3) is 5.91 Å². The highest BCUT2D eigenvalue weighted by molar-refractivity contribution is 6.31. The van der Waals surface area contributed by atoms with Crippen LogP contribution in [0.4, 0.5) is 16.2 Å². The van der Waals surface area contributed by atoms with Crippen LogP contribution in [0.1, 0.15) is 41.6 Å². The number of carbonyl (C=O) groups is 2. The Hall–Kier alpha value is -3.51. The molecule has 0 spiro atoms. The zero-order chi connectivity index (χ0) is 23.9. The van der Waals surface area contributed by atoms with E-state index in [1.165, 1.54) is 0 Å². The molecule has 1 saturated heterocycles. The normalized spacial score (nSPS) is 15.5. The molecule has 1 aliphatic heterocycles. The Bertz CT molecular complexity index is 1150. The molecule has 1 heterocycles. The van der Waals surface area contributed by atoms with Gasteiger partial charge >= 0.3 is 6.03 Å². The third-order valence-electron chi connectivity index (χ3n) is 5.83. The minimum atomic E-state index is -0.190. The number of hydrogen-bond donors (Lipinski definition) is 2. The van der Waals surface area contributed by atoms with Crippen molar-refractivity contribution in [2.45, 2.75) is 25.7 Å². The van der Waals surface area contributed by atoms with Gasteiger partial charge in [-0.1, -0.05) is 29.8 Å². The van der Waals surface area contributed by atoms with Crippen LogP contribution in [0.25, 0.3) is 0 Å². The number of anilines is 2. The Kier molecular flexibility index (Phi) is 7.70. The summed E-state index contributed by atoms with van der Waals surface area (Å²) in [5.74, 6) is 0.751. The van der Waals surface area contributed by atoms with Crippen molar-refractivity contribution in [3.63, 3.8) is 0 Å². The first-order valence-electron chi connectivity index (χ1n) is 11.5. The molecule has 1 aliphatic rings. The average molecular weight is 478 g/mol. The lowest BCUT2D eigenvalue weighted by Crippen LogP contribution is -2.41. The number of urea groups is 1. The highest BCUT2D eigenvalue weighted by Gasteiger charge is 2.25. The quantitative estimate of drug-likeness (QED) is 0.431. The molecule has 34 heavy (non-hydrogen) atoms. The second-order valence-corrected chi connectivity index (χ2v) is 8.70. The largest absolute Gasteiger partial charge is 0.494 e. The SMILES string of the molecule is CCOc1ccc(NC(=O)N2CCCC(c3cccc(C(=O)Nc4cccc(Cl)c4)c3)C2)cc1. The van der Waals surface area contributed by atoms with Crippen LogP contribution in [-0.2, 0) is 0 Å². The first-order valence-corrected chi connectivity index (χ1v) is 11.9. The topological polar surface area (TPSA) is 70.7 Å². The number of benzene rings is 3. The number of likely N-dealkylation sites (tertiary alicyclic amines) is 1. The lowest BCUT2D eigenvalue weighted by molar-refractivity contribution is 0.102. The number of halogens is 1. The average Bonchev–Trinajstić information content (AvgIpc) is 2.85. The molecule has 4 rings (SSSR count). The zero-order valence-electron chi connectivity index (χ0n) is 19.1. The van der Waals surface area contributed by atoms with Crippen LogP contribution in [0, 0.1) is 0 Å². The third-order valence-corrected chi connectivity index (χ3v) is 6.06. The Morgan fingerprint density at radius 1 is 1.00 bits per heavy atom. The van der Waals surface area contributed by atoms with Gasteiger partial charge in [-0.2, -0.15) is 0 Å². The van der Waals surface area contributed by atoms with Gasteiger partial charge in [0.05, 0.1) is 6.61 Å². The summed E-state index contributed by atoms with van der Waals surface area (Å²) >= 11 is 6.02. The summed E-state index contributed by atoms with van der Waals surface area (Å²) in [5.41, 5.74) is 3.01. The van der Waals surface area contributed by atoms with Crippen molar-refractivity contribution in [3.05, 3.63) is 88.9 Å². The maximum Gasteiger partial charge on any atom is 0.321 e. The molecule has 0 radical (unpaired) electrons. The molecule has 176 valence electrons. The van der Waals surface area contributed by atoms with Crippen LogP contribution in [0.2, 0.25) is 5.02 Å². The van der Waals surface area contributed by atoms with Gasteiger partial charge in [-0.25, -0.2) is 4.79 Å². The number of rotatable bonds is 6. The van der Waals surface area contributed by atoms with E-state index in [0.717, 1.165) is 29.8 Å². The number of amides is 3. The molecule has 2 N–H and O–H groups in total. The van der Waals surface area contributed by atoms with Crippen LogP contribution >= 0.6 is 11.6 Å². The summed E-state index contributed by atoms with van der Waals surface area (Å²) in [6.45, 7) is 3.84. The summed E-state index contributed by atoms with van der Waals surface area (Å²) in [7, 11) is 0. The van der Waals surface area contributed by atoms with Gasteiger partial charge in [-0.05, 0) is 79.9 Å². The number of piperidine rings is 1. The van der Waals surface area contributed by atoms with Gasteiger partial charge in [0, 0.05) is 41.0 Å². The van der Waals surface area contributed by atoms with E-state index >= 15 is 0 Å². The van der Waals surface area contributed by atoms with Gasteiger partial charge in [-0.3, -0.25) is 4.79 Å². The minimum absolute atomic E-state index is 0.122. The second kappa shape index (κ2) is 11.1. The molecule has 3 aromatic rings. The molecule has 1 unspecified atom stereocenters. The Morgan fingerprint density at radius 2 is 1.79 bits per heavy atom. The first-order chi connectivity index (χ1) is 16.5. The molecule has 7 heteroatoms. The Labute approximate surface area is 204 Å². The summed E-state index contributed by atoms with van der Waals surface area (Å²) < 4.78 is 5.45. The van der Waals surface area contributed by atoms with E-state index in [1.54, 1.807) is 30.3 Å². The molecule has 1 atom stereocenters. The van der Waals surface area contributed by atoms with Gasteiger partial charge in [0.2, 0.25) is 0 Å². The van der Waals surface area contributed by atoms with E-state index in [-0.39, 0.29) is 17.9 Å². The van der Waals surface area contributed by atoms with Crippen molar-refractivity contribution in [2.24, 2.45) is 0 Å². The fourth-order valence-corrected chi connectivity index (χ4v) is 4.33. The van der Waals surface area contributed by atoms with Crippen molar-refractivity contribution in [2.75, 3.05) is 30.3 Å². The molecular weight excluding hydrogens is 450 g/mol. The van der Waals surface area contributed by atoms with Gasteiger partial charge in [0.1, 0.15) is 5.75 Å². The minimum Gasteiger partial charge on any atom is -0.494 e. The number of ether oxygens (including phenoxy) is 1. The van der Waals surface area contributed by atoms with E-state index in [1.807, 2.05) is 54.3 Å². The summed E-state index contributed by atoms with van der Waals surface area (Å²) in [5, 5.41) is 6.43. The lowest BCUT2D eigenvalue weighted by atomic mass is 9.89. The predicted molar refractivity (Wildman–Crippen MR) is 136 cm³/mol. The molecule has 0 saturated carbocycles. The highest BCUT2D eigenvalue weighted by Crippen LogP contribution is 2.28. The molecule has 0 aliphatic carbocycles.